The lowest BCUT2D eigenvalue weighted by molar-refractivity contribution is 0.327. The quantitative estimate of drug-likeness (QED) is 0.303. The maximum atomic E-state index is 12.6. The van der Waals surface area contributed by atoms with Gasteiger partial charge in [-0.05, 0) is 55.9 Å². The fourth-order valence-electron chi connectivity index (χ4n) is 2.04. The number of aryl methyl sites for hydroxylation is 1. The van der Waals surface area contributed by atoms with Gasteiger partial charge in [0.2, 0.25) is 5.75 Å². The zero-order chi connectivity index (χ0) is 20.0. The number of hydrazone groups is 1. The van der Waals surface area contributed by atoms with Crippen molar-refractivity contribution < 1.29 is 17.3 Å². The van der Waals surface area contributed by atoms with E-state index in [1.807, 2.05) is 6.92 Å². The fourth-order valence-corrected chi connectivity index (χ4v) is 3.35. The van der Waals surface area contributed by atoms with E-state index in [1.165, 1.54) is 24.4 Å². The van der Waals surface area contributed by atoms with Crippen molar-refractivity contribution in [1.29, 1.82) is 0 Å². The lowest BCUT2D eigenvalue weighted by atomic mass is 10.2. The first-order valence-electron chi connectivity index (χ1n) is 7.79. The van der Waals surface area contributed by atoms with Gasteiger partial charge in [0, 0.05) is 0 Å². The fraction of sp³-hybridized carbons (Fsp3) is 0.176. The standard InChI is InChI=1S/C17H18ClN3O4S2/c1-3-24-15-9-12(10-20-21-17(19)26)8-14(18)16(15)25-27(22,23)13-6-4-11(2)5-7-13/h4-10H,3H2,1-2H3,(H3,19,21,26)/b20-10-. The Hall–Kier alpha value is -2.36. The Morgan fingerprint density at radius 1 is 1.33 bits per heavy atom. The molecule has 2 aromatic carbocycles. The summed E-state index contributed by atoms with van der Waals surface area (Å²) in [7, 11) is -4.08. The molecule has 0 radical (unpaired) electrons. The number of thiocarbonyl (C=S) groups is 1. The summed E-state index contributed by atoms with van der Waals surface area (Å²) in [5.41, 5.74) is 9.16. The van der Waals surface area contributed by atoms with E-state index in [1.54, 1.807) is 25.1 Å². The van der Waals surface area contributed by atoms with Gasteiger partial charge in [-0.1, -0.05) is 29.3 Å². The van der Waals surface area contributed by atoms with Gasteiger partial charge in [-0.3, -0.25) is 5.43 Å². The molecule has 0 spiro atoms. The summed E-state index contributed by atoms with van der Waals surface area (Å²) in [6.07, 6.45) is 1.41. The molecule has 144 valence electrons. The molecule has 0 amide bonds. The van der Waals surface area contributed by atoms with Crippen molar-refractivity contribution in [1.82, 2.24) is 5.43 Å². The molecule has 7 nitrogen and oxygen atoms in total. The van der Waals surface area contributed by atoms with Gasteiger partial charge in [-0.15, -0.1) is 0 Å². The number of nitrogens with two attached hydrogens (primary N) is 1. The van der Waals surface area contributed by atoms with Crippen molar-refractivity contribution in [2.24, 2.45) is 10.8 Å². The molecule has 0 fully saturated rings. The highest BCUT2D eigenvalue weighted by molar-refractivity contribution is 7.87. The normalized spacial score (nSPS) is 11.4. The maximum Gasteiger partial charge on any atom is 0.339 e. The van der Waals surface area contributed by atoms with Crippen LogP contribution < -0.4 is 20.1 Å². The van der Waals surface area contributed by atoms with E-state index in [2.05, 4.69) is 22.7 Å². The Bertz CT molecular complexity index is 961. The Balaban J connectivity index is 2.38. The minimum atomic E-state index is -4.08. The first-order valence-corrected chi connectivity index (χ1v) is 9.98. The summed E-state index contributed by atoms with van der Waals surface area (Å²) in [4.78, 5) is 0.0120. The van der Waals surface area contributed by atoms with Crippen LogP contribution in [0.1, 0.15) is 18.1 Å². The first-order chi connectivity index (χ1) is 12.7. The number of nitrogens with zero attached hydrogens (tertiary/aromatic N) is 1. The number of rotatable bonds is 7. The van der Waals surface area contributed by atoms with Gasteiger partial charge >= 0.3 is 10.1 Å². The van der Waals surface area contributed by atoms with Gasteiger partial charge in [-0.25, -0.2) is 0 Å². The van der Waals surface area contributed by atoms with Crippen molar-refractivity contribution in [2.75, 3.05) is 6.61 Å². The summed E-state index contributed by atoms with van der Waals surface area (Å²) < 4.78 is 35.8. The van der Waals surface area contributed by atoms with Gasteiger partial charge in [0.15, 0.2) is 10.9 Å². The Morgan fingerprint density at radius 2 is 2.00 bits per heavy atom. The van der Waals surface area contributed by atoms with Gasteiger partial charge in [0.1, 0.15) is 4.90 Å². The lowest BCUT2D eigenvalue weighted by Gasteiger charge is -2.14. The van der Waals surface area contributed by atoms with Crippen LogP contribution in [0.15, 0.2) is 46.4 Å². The van der Waals surface area contributed by atoms with E-state index >= 15 is 0 Å². The third-order valence-electron chi connectivity index (χ3n) is 3.22. The topological polar surface area (TPSA) is 103 Å². The maximum absolute atomic E-state index is 12.6. The average molecular weight is 428 g/mol. The lowest BCUT2D eigenvalue weighted by Crippen LogP contribution is -2.24. The average Bonchev–Trinajstić information content (AvgIpc) is 2.58. The van der Waals surface area contributed by atoms with Crippen molar-refractivity contribution in [3.05, 3.63) is 52.5 Å². The SMILES string of the molecule is CCOc1cc(/C=N\NC(N)=S)cc(Cl)c1OS(=O)(=O)c1ccc(C)cc1. The van der Waals surface area contributed by atoms with Crippen molar-refractivity contribution >= 4 is 45.3 Å². The molecule has 0 saturated heterocycles. The summed E-state index contributed by atoms with van der Waals surface area (Å²) in [6, 6.07) is 9.29. The van der Waals surface area contributed by atoms with Crippen LogP contribution >= 0.6 is 23.8 Å². The van der Waals surface area contributed by atoms with E-state index in [0.29, 0.717) is 5.56 Å². The smallest absolute Gasteiger partial charge is 0.339 e. The molecule has 0 bridgehead atoms. The molecule has 2 rings (SSSR count). The molecule has 0 aromatic heterocycles. The molecule has 0 aliphatic rings. The number of benzene rings is 2. The van der Waals surface area contributed by atoms with E-state index in [0.717, 1.165) is 5.56 Å². The van der Waals surface area contributed by atoms with Crippen LogP contribution in [-0.2, 0) is 10.1 Å². The van der Waals surface area contributed by atoms with E-state index < -0.39 is 10.1 Å². The number of nitrogens with one attached hydrogen (secondary N) is 1. The molecule has 0 aliphatic carbocycles. The molecule has 0 heterocycles. The second-order valence-corrected chi connectivity index (χ2v) is 7.74. The molecule has 27 heavy (non-hydrogen) atoms. The van der Waals surface area contributed by atoms with Crippen LogP contribution in [0.5, 0.6) is 11.5 Å². The second kappa shape index (κ2) is 9.03. The highest BCUT2D eigenvalue weighted by Crippen LogP contribution is 2.38. The summed E-state index contributed by atoms with van der Waals surface area (Å²) in [5.74, 6) is 0.0657. The third-order valence-corrected chi connectivity index (χ3v) is 4.83. The Kier molecular flexibility index (Phi) is 7.00. The molecule has 0 atom stereocenters. The van der Waals surface area contributed by atoms with Gasteiger partial charge < -0.3 is 14.7 Å². The second-order valence-electron chi connectivity index (χ2n) is 5.35. The van der Waals surface area contributed by atoms with E-state index in [4.69, 9.17) is 26.3 Å². The number of halogens is 1. The molecular formula is C17H18ClN3O4S2. The molecule has 0 unspecified atom stereocenters. The first kappa shape index (κ1) is 20.9. The Labute approximate surface area is 168 Å². The molecule has 10 heteroatoms. The number of hydrogen-bond donors (Lipinski definition) is 2. The highest BCUT2D eigenvalue weighted by atomic mass is 35.5. The van der Waals surface area contributed by atoms with Crippen LogP contribution in [0.25, 0.3) is 0 Å². The minimum Gasteiger partial charge on any atom is -0.490 e. The third kappa shape index (κ3) is 5.81. The number of ether oxygens (including phenoxy) is 1. The van der Waals surface area contributed by atoms with Crippen molar-refractivity contribution in [3.63, 3.8) is 0 Å². The van der Waals surface area contributed by atoms with Crippen LogP contribution in [-0.4, -0.2) is 26.4 Å². The van der Waals surface area contributed by atoms with Gasteiger partial charge in [-0.2, -0.15) is 13.5 Å². The zero-order valence-corrected chi connectivity index (χ0v) is 17.0. The van der Waals surface area contributed by atoms with E-state index in [9.17, 15) is 8.42 Å². The Morgan fingerprint density at radius 3 is 2.59 bits per heavy atom. The minimum absolute atomic E-state index is 0.00604. The molecular weight excluding hydrogens is 410 g/mol. The largest absolute Gasteiger partial charge is 0.490 e. The molecule has 0 aliphatic heterocycles. The predicted molar refractivity (Wildman–Crippen MR) is 109 cm³/mol. The predicted octanol–water partition coefficient (Wildman–Crippen LogP) is 2.98. The van der Waals surface area contributed by atoms with E-state index in [-0.39, 0.29) is 33.1 Å². The molecule has 2 aromatic rings. The highest BCUT2D eigenvalue weighted by Gasteiger charge is 2.22. The number of hydrogen-bond acceptors (Lipinski definition) is 6. The van der Waals surface area contributed by atoms with Crippen LogP contribution in [0, 0.1) is 6.92 Å². The van der Waals surface area contributed by atoms with Crippen LogP contribution in [0.3, 0.4) is 0 Å². The monoisotopic (exact) mass is 427 g/mol. The summed E-state index contributed by atoms with van der Waals surface area (Å²) >= 11 is 10.9. The van der Waals surface area contributed by atoms with Gasteiger partial charge in [0.25, 0.3) is 0 Å². The van der Waals surface area contributed by atoms with Crippen LogP contribution in [0.4, 0.5) is 0 Å². The van der Waals surface area contributed by atoms with Crippen LogP contribution in [0.2, 0.25) is 5.02 Å². The van der Waals surface area contributed by atoms with Crippen molar-refractivity contribution in [2.45, 2.75) is 18.7 Å². The summed E-state index contributed by atoms with van der Waals surface area (Å²) in [6.45, 7) is 3.89. The summed E-state index contributed by atoms with van der Waals surface area (Å²) in [5, 5.41) is 3.88. The molecule has 3 N–H and O–H groups in total. The van der Waals surface area contributed by atoms with Crippen molar-refractivity contribution in [3.8, 4) is 11.5 Å². The zero-order valence-electron chi connectivity index (χ0n) is 14.6. The molecule has 0 saturated carbocycles. The van der Waals surface area contributed by atoms with Gasteiger partial charge in [0.05, 0.1) is 17.8 Å².